The molecule has 0 bridgehead atoms. The number of esters is 2. The van der Waals surface area contributed by atoms with Gasteiger partial charge in [-0.15, -0.1) is 0 Å². The van der Waals surface area contributed by atoms with Crippen LogP contribution in [0.2, 0.25) is 0 Å². The third-order valence-electron chi connectivity index (χ3n) is 2.24. The lowest BCUT2D eigenvalue weighted by Crippen LogP contribution is -2.24. The van der Waals surface area contributed by atoms with Crippen LogP contribution in [0.25, 0.3) is 0 Å². The Balaban J connectivity index is 4.06. The third-order valence-corrected chi connectivity index (χ3v) is 2.24. The smallest absolute Gasteiger partial charge is 0.316 e. The van der Waals surface area contributed by atoms with E-state index in [1.54, 1.807) is 13.8 Å². The van der Waals surface area contributed by atoms with Crippen LogP contribution in [0, 0.1) is 5.92 Å². The van der Waals surface area contributed by atoms with Crippen molar-refractivity contribution < 1.29 is 23.9 Å². The maximum absolute atomic E-state index is 11.4. The Morgan fingerprint density at radius 2 is 1.65 bits per heavy atom. The average Bonchev–Trinajstić information content (AvgIpc) is 2.24. The summed E-state index contributed by atoms with van der Waals surface area (Å²) in [5, 5.41) is 0. The molecular weight excluding hydrogens is 224 g/mol. The standard InChI is InChI=1S/C12H20O5/c1-4-16-11(14)8-6-7-10(9(3)13)12(15)17-5-2/h10H,4-8H2,1-3H3. The lowest BCUT2D eigenvalue weighted by atomic mass is 9.98. The normalized spacial score (nSPS) is 11.7. The van der Waals surface area contributed by atoms with Crippen LogP contribution in [0.1, 0.15) is 40.0 Å². The predicted octanol–water partition coefficient (Wildman–Crippen LogP) is 1.49. The van der Waals surface area contributed by atoms with Gasteiger partial charge in [0.25, 0.3) is 0 Å². The number of carbonyl (C=O) groups excluding carboxylic acids is 3. The molecule has 1 atom stereocenters. The largest absolute Gasteiger partial charge is 0.466 e. The van der Waals surface area contributed by atoms with Crippen molar-refractivity contribution in [2.75, 3.05) is 13.2 Å². The highest BCUT2D eigenvalue weighted by atomic mass is 16.5. The van der Waals surface area contributed by atoms with E-state index in [9.17, 15) is 14.4 Å². The van der Waals surface area contributed by atoms with Crippen molar-refractivity contribution in [2.45, 2.75) is 40.0 Å². The van der Waals surface area contributed by atoms with E-state index in [2.05, 4.69) is 0 Å². The van der Waals surface area contributed by atoms with Crippen LogP contribution in [0.4, 0.5) is 0 Å². The predicted molar refractivity (Wildman–Crippen MR) is 61.3 cm³/mol. The van der Waals surface area contributed by atoms with Gasteiger partial charge >= 0.3 is 11.9 Å². The topological polar surface area (TPSA) is 69.7 Å². The second-order valence-electron chi connectivity index (χ2n) is 3.61. The second-order valence-corrected chi connectivity index (χ2v) is 3.61. The number of ether oxygens (including phenoxy) is 2. The minimum Gasteiger partial charge on any atom is -0.466 e. The summed E-state index contributed by atoms with van der Waals surface area (Å²) in [5.74, 6) is -1.81. The fraction of sp³-hybridized carbons (Fsp3) is 0.750. The van der Waals surface area contributed by atoms with Crippen LogP contribution in [0.3, 0.4) is 0 Å². The second kappa shape index (κ2) is 8.73. The molecule has 98 valence electrons. The van der Waals surface area contributed by atoms with E-state index in [0.29, 0.717) is 19.4 Å². The lowest BCUT2D eigenvalue weighted by molar-refractivity contribution is -0.152. The van der Waals surface area contributed by atoms with Gasteiger partial charge in [0.15, 0.2) is 0 Å². The molecule has 0 rings (SSSR count). The highest BCUT2D eigenvalue weighted by molar-refractivity contribution is 5.97. The summed E-state index contributed by atoms with van der Waals surface area (Å²) in [6.07, 6.45) is 0.992. The Morgan fingerprint density at radius 3 is 2.12 bits per heavy atom. The van der Waals surface area contributed by atoms with Crippen molar-refractivity contribution in [3.8, 4) is 0 Å². The molecule has 1 unspecified atom stereocenters. The van der Waals surface area contributed by atoms with E-state index in [4.69, 9.17) is 9.47 Å². The summed E-state index contributed by atoms with van der Waals surface area (Å²) in [4.78, 5) is 33.7. The maximum Gasteiger partial charge on any atom is 0.316 e. The van der Waals surface area contributed by atoms with Gasteiger partial charge in [-0.3, -0.25) is 14.4 Å². The van der Waals surface area contributed by atoms with Gasteiger partial charge in [0.2, 0.25) is 0 Å². The van der Waals surface area contributed by atoms with E-state index >= 15 is 0 Å². The van der Waals surface area contributed by atoms with Gasteiger partial charge in [0, 0.05) is 6.42 Å². The van der Waals surface area contributed by atoms with E-state index in [1.165, 1.54) is 6.92 Å². The van der Waals surface area contributed by atoms with Crippen LogP contribution in [-0.4, -0.2) is 30.9 Å². The van der Waals surface area contributed by atoms with E-state index in [-0.39, 0.29) is 24.8 Å². The fourth-order valence-electron chi connectivity index (χ4n) is 1.41. The molecule has 0 aliphatic heterocycles. The van der Waals surface area contributed by atoms with E-state index < -0.39 is 11.9 Å². The van der Waals surface area contributed by atoms with Crippen LogP contribution in [0.15, 0.2) is 0 Å². The molecule has 0 saturated heterocycles. The summed E-state index contributed by atoms with van der Waals surface area (Å²) in [7, 11) is 0. The van der Waals surface area contributed by atoms with Gasteiger partial charge in [0.1, 0.15) is 11.7 Å². The van der Waals surface area contributed by atoms with E-state index in [1.807, 2.05) is 0 Å². The zero-order valence-electron chi connectivity index (χ0n) is 10.7. The number of Topliss-reactive ketones (excluding diaryl/α,β-unsaturated/α-hetero) is 1. The first-order valence-corrected chi connectivity index (χ1v) is 5.85. The third kappa shape index (κ3) is 6.71. The molecule has 0 N–H and O–H groups in total. The summed E-state index contributed by atoms with van der Waals surface area (Å²) in [6, 6.07) is 0. The molecule has 5 heteroatoms. The molecule has 0 amide bonds. The molecule has 0 aliphatic carbocycles. The first kappa shape index (κ1) is 15.6. The molecule has 5 nitrogen and oxygen atoms in total. The summed E-state index contributed by atoms with van der Waals surface area (Å²) in [6.45, 7) is 5.36. The van der Waals surface area contributed by atoms with E-state index in [0.717, 1.165) is 0 Å². The minimum absolute atomic E-state index is 0.219. The number of rotatable bonds is 8. The monoisotopic (exact) mass is 244 g/mol. The SMILES string of the molecule is CCOC(=O)CCCC(C(C)=O)C(=O)OCC. The van der Waals surface area contributed by atoms with Crippen LogP contribution < -0.4 is 0 Å². The molecule has 0 fully saturated rings. The molecule has 0 spiro atoms. The first-order valence-electron chi connectivity index (χ1n) is 5.85. The Labute approximate surface area is 101 Å². The van der Waals surface area contributed by atoms with Gasteiger partial charge in [-0.05, 0) is 33.6 Å². The minimum atomic E-state index is -0.760. The van der Waals surface area contributed by atoms with Crippen LogP contribution >= 0.6 is 0 Å². The zero-order chi connectivity index (χ0) is 13.3. The maximum atomic E-state index is 11.4. The molecule has 17 heavy (non-hydrogen) atoms. The molecule has 0 radical (unpaired) electrons. The summed E-state index contributed by atoms with van der Waals surface area (Å²) < 4.78 is 9.55. The highest BCUT2D eigenvalue weighted by Gasteiger charge is 2.24. The number of carbonyl (C=O) groups is 3. The summed E-state index contributed by atoms with van der Waals surface area (Å²) in [5.41, 5.74) is 0. The van der Waals surface area contributed by atoms with Crippen molar-refractivity contribution in [1.29, 1.82) is 0 Å². The van der Waals surface area contributed by atoms with Gasteiger partial charge < -0.3 is 9.47 Å². The van der Waals surface area contributed by atoms with Gasteiger partial charge in [-0.1, -0.05) is 0 Å². The number of ketones is 1. The Kier molecular flexibility index (Phi) is 8.01. The number of hydrogen-bond donors (Lipinski definition) is 0. The molecule has 0 aromatic rings. The number of hydrogen-bond acceptors (Lipinski definition) is 5. The average molecular weight is 244 g/mol. The molecule has 0 aromatic carbocycles. The Bertz CT molecular complexity index is 272. The molecule has 0 heterocycles. The first-order chi connectivity index (χ1) is 8.02. The van der Waals surface area contributed by atoms with Crippen molar-refractivity contribution in [2.24, 2.45) is 5.92 Å². The van der Waals surface area contributed by atoms with Crippen molar-refractivity contribution in [1.82, 2.24) is 0 Å². The van der Waals surface area contributed by atoms with Crippen molar-refractivity contribution in [3.63, 3.8) is 0 Å². The molecular formula is C12H20O5. The summed E-state index contributed by atoms with van der Waals surface area (Å²) >= 11 is 0. The highest BCUT2D eigenvalue weighted by Crippen LogP contribution is 2.12. The van der Waals surface area contributed by atoms with Gasteiger partial charge in [-0.2, -0.15) is 0 Å². The van der Waals surface area contributed by atoms with Crippen molar-refractivity contribution >= 4 is 17.7 Å². The lowest BCUT2D eigenvalue weighted by Gasteiger charge is -2.11. The Morgan fingerprint density at radius 1 is 1.06 bits per heavy atom. The van der Waals surface area contributed by atoms with Crippen molar-refractivity contribution in [3.05, 3.63) is 0 Å². The fourth-order valence-corrected chi connectivity index (χ4v) is 1.41. The molecule has 0 aromatic heterocycles. The zero-order valence-corrected chi connectivity index (χ0v) is 10.7. The Hall–Kier alpha value is -1.39. The van der Waals surface area contributed by atoms with Gasteiger partial charge in [0.05, 0.1) is 13.2 Å². The van der Waals surface area contributed by atoms with Crippen LogP contribution in [0.5, 0.6) is 0 Å². The quantitative estimate of drug-likeness (QED) is 0.478. The molecule has 0 aliphatic rings. The van der Waals surface area contributed by atoms with Gasteiger partial charge in [-0.25, -0.2) is 0 Å². The molecule has 0 saturated carbocycles. The van der Waals surface area contributed by atoms with Crippen LogP contribution in [-0.2, 0) is 23.9 Å².